The second-order valence-corrected chi connectivity index (χ2v) is 28.8. The van der Waals surface area contributed by atoms with Crippen LogP contribution in [0.3, 0.4) is 0 Å². The van der Waals surface area contributed by atoms with Crippen molar-refractivity contribution in [2.75, 3.05) is 48.8 Å². The van der Waals surface area contributed by atoms with Gasteiger partial charge in [0, 0.05) is 48.0 Å². The van der Waals surface area contributed by atoms with Crippen LogP contribution in [0.25, 0.3) is 6.08 Å². The highest BCUT2D eigenvalue weighted by atomic mass is 16.6. The zero-order valence-corrected chi connectivity index (χ0v) is 60.8. The van der Waals surface area contributed by atoms with Crippen molar-refractivity contribution in [3.05, 3.63) is 35.7 Å². The number of ether oxygens (including phenoxy) is 1. The number of likely N-dealkylation sites (N-methyl/N-ethyl adjacent to an activating group) is 6. The number of aromatic nitrogens is 1. The van der Waals surface area contributed by atoms with E-state index in [4.69, 9.17) is 4.74 Å². The fraction of sp³-hybridized carbons (Fsp3) is 0.739. The molecule has 1 aromatic heterocycles. The molecule has 0 unspecified atom stereocenters. The van der Waals surface area contributed by atoms with Gasteiger partial charge in [-0.15, -0.1) is 0 Å². The molecule has 0 bridgehead atoms. The first-order valence-corrected chi connectivity index (χ1v) is 33.4. The Morgan fingerprint density at radius 3 is 1.39 bits per heavy atom. The first-order valence-electron chi connectivity index (χ1n) is 33.4. The molecule has 25 nitrogen and oxygen atoms in total. The van der Waals surface area contributed by atoms with Crippen LogP contribution in [0.4, 0.5) is 0 Å². The molecule has 10 amide bonds. The first-order chi connectivity index (χ1) is 43.5. The Labute approximate surface area is 560 Å². The number of amides is 10. The number of aliphatic hydroxyl groups excluding tert-OH is 2. The SMILES string of the molecule is Cc1cccc(/C=C/C[C@@H](C)[C@@H](O)[C@@H]2C(=O)N[C@H]([C@@H](C)O)C(=O)N(C)CC(=O)N(C)[C@@H](CC(C)C)C(=O)N[C@H](CC(C)C)C(=O)N(C)[C@H](CC(C)C)C(=O)N[C@H](C)C(=O)O[C@@H](C(C)C)C(=O)N(C)[C@H](CC(C)C)C(=O)N[C@H](CC(C)C)C(=O)N(C)[C@H](C(C)C)C(=O)N2C)n1. The molecule has 2 heterocycles. The number of nitrogens with zero attached hydrogens (tertiary/aromatic N) is 7. The molecule has 1 aromatic rings. The lowest BCUT2D eigenvalue weighted by Crippen LogP contribution is -2.64. The van der Waals surface area contributed by atoms with E-state index in [9.17, 15) is 48.6 Å². The lowest BCUT2D eigenvalue weighted by atomic mass is 9.91. The van der Waals surface area contributed by atoms with Crippen molar-refractivity contribution in [1.29, 1.82) is 0 Å². The Bertz CT molecular complexity index is 2770. The standard InChI is InChI=1S/C69H117N11O14/c1-37(2)31-49-64(88)77(21)52(34-40(7)8)60(84)71-46(17)69(93)94-59(43(13)14)68(92)78(22)53(35-41(9)10)62(86)73-50(32-38(3)4)65(89)79(23)56(42(11)12)67(91)80(24)57(58(83)44(15)27-25-29-48-30-26-28-45(16)70-48)63(87)74-55(47(18)81)66(90)75(19)36-54(82)76(20)51(33-39(5)6)61(85)72-49/h25-26,28-30,37-44,46-47,49-53,55-59,81,83H,27,31-36H2,1-24H3,(H,71,84)(H,72,85)(H,73,86)(H,74,87)/b29-25+/t44-,46-,47-,49-,50-,51+,52-,53-,55-,56-,57-,58-,59+/m1/s1. The summed E-state index contributed by atoms with van der Waals surface area (Å²) in [6.07, 6.45) is -0.636. The molecule has 6 N–H and O–H groups in total. The van der Waals surface area contributed by atoms with E-state index in [1.54, 1.807) is 52.8 Å². The fourth-order valence-corrected chi connectivity index (χ4v) is 11.5. The molecule has 1 aliphatic heterocycles. The molecular weight excluding hydrogens is 1210 g/mol. The van der Waals surface area contributed by atoms with Gasteiger partial charge in [0.25, 0.3) is 5.91 Å². The van der Waals surface area contributed by atoms with Crippen LogP contribution >= 0.6 is 0 Å². The number of hydrogen-bond donors (Lipinski definition) is 6. The molecule has 1 fully saturated rings. The molecule has 0 spiro atoms. The number of aliphatic hydroxyl groups is 2. The summed E-state index contributed by atoms with van der Waals surface area (Å²) in [5, 5.41) is 34.7. The van der Waals surface area contributed by atoms with Crippen LogP contribution in [0.2, 0.25) is 0 Å². The predicted molar refractivity (Wildman–Crippen MR) is 360 cm³/mol. The molecule has 2 rings (SSSR count). The van der Waals surface area contributed by atoms with E-state index in [2.05, 4.69) is 26.3 Å². The Morgan fingerprint density at radius 1 is 0.521 bits per heavy atom. The highest BCUT2D eigenvalue weighted by Gasteiger charge is 2.46. The second kappa shape index (κ2) is 37.9. The molecule has 0 radical (unpaired) electrons. The van der Waals surface area contributed by atoms with Gasteiger partial charge in [-0.1, -0.05) is 116 Å². The molecule has 0 aromatic carbocycles. The third kappa shape index (κ3) is 24.3. The predicted octanol–water partition coefficient (Wildman–Crippen LogP) is 4.19. The van der Waals surface area contributed by atoms with Crippen molar-refractivity contribution in [2.24, 2.45) is 47.3 Å². The summed E-state index contributed by atoms with van der Waals surface area (Å²) in [5.41, 5.74) is 1.40. The van der Waals surface area contributed by atoms with Crippen molar-refractivity contribution < 1.29 is 67.7 Å². The number of hydrogen-bond acceptors (Lipinski definition) is 15. The monoisotopic (exact) mass is 1320 g/mol. The largest absolute Gasteiger partial charge is 0.450 e. The number of pyridine rings is 1. The number of esters is 1. The summed E-state index contributed by atoms with van der Waals surface area (Å²) in [4.78, 5) is 173. The maximum Gasteiger partial charge on any atom is 0.329 e. The van der Waals surface area contributed by atoms with Gasteiger partial charge >= 0.3 is 5.97 Å². The van der Waals surface area contributed by atoms with E-state index < -0.39 is 162 Å². The first kappa shape index (κ1) is 83.1. The lowest BCUT2D eigenvalue weighted by Gasteiger charge is -2.40. The van der Waals surface area contributed by atoms with Crippen LogP contribution in [0, 0.1) is 54.3 Å². The highest BCUT2D eigenvalue weighted by molar-refractivity contribution is 5.99. The quantitative estimate of drug-likeness (QED) is 0.112. The molecule has 0 saturated carbocycles. The zero-order valence-electron chi connectivity index (χ0n) is 60.8. The molecule has 0 aliphatic carbocycles. The highest BCUT2D eigenvalue weighted by Crippen LogP contribution is 2.25. The van der Waals surface area contributed by atoms with E-state index in [0.29, 0.717) is 5.69 Å². The minimum atomic E-state index is -1.80. The Balaban J connectivity index is 3.05. The number of nitrogens with one attached hydrogen (secondary N) is 4. The average molecular weight is 1320 g/mol. The Kier molecular flexibility index (Phi) is 33.5. The van der Waals surface area contributed by atoms with Crippen LogP contribution in [0.15, 0.2) is 24.3 Å². The number of allylic oxidation sites excluding steroid dienone is 1. The van der Waals surface area contributed by atoms with Crippen LogP contribution < -0.4 is 21.3 Å². The van der Waals surface area contributed by atoms with Crippen molar-refractivity contribution in [3.8, 4) is 0 Å². The van der Waals surface area contributed by atoms with Gasteiger partial charge in [0.05, 0.1) is 24.4 Å². The minimum Gasteiger partial charge on any atom is -0.450 e. The van der Waals surface area contributed by atoms with Crippen molar-refractivity contribution >= 4 is 71.1 Å². The average Bonchev–Trinajstić information content (AvgIpc) is 0.812. The molecule has 13 atom stereocenters. The van der Waals surface area contributed by atoms with E-state index in [-0.39, 0.29) is 68.1 Å². The molecular formula is C69H117N11O14. The summed E-state index contributed by atoms with van der Waals surface area (Å²) < 4.78 is 5.91. The van der Waals surface area contributed by atoms with Gasteiger partial charge in [0.1, 0.15) is 54.4 Å². The molecule has 94 heavy (non-hydrogen) atoms. The fourth-order valence-electron chi connectivity index (χ4n) is 11.5. The van der Waals surface area contributed by atoms with Crippen molar-refractivity contribution in [1.82, 2.24) is 55.7 Å². The van der Waals surface area contributed by atoms with Crippen LogP contribution in [-0.4, -0.2) is 231 Å². The minimum absolute atomic E-state index is 0.0671. The third-order valence-electron chi connectivity index (χ3n) is 17.0. The summed E-state index contributed by atoms with van der Waals surface area (Å²) in [7, 11) is 8.11. The van der Waals surface area contributed by atoms with Crippen LogP contribution in [0.1, 0.15) is 168 Å². The van der Waals surface area contributed by atoms with Gasteiger partial charge in [-0.05, 0) is 125 Å². The Hall–Kier alpha value is -7.02. The molecule has 25 heteroatoms. The van der Waals surface area contributed by atoms with E-state index in [0.717, 1.165) is 20.4 Å². The Morgan fingerprint density at radius 2 is 0.957 bits per heavy atom. The second-order valence-electron chi connectivity index (χ2n) is 28.8. The van der Waals surface area contributed by atoms with Crippen LogP contribution in [0.5, 0.6) is 0 Å². The van der Waals surface area contributed by atoms with Crippen molar-refractivity contribution in [2.45, 2.75) is 236 Å². The van der Waals surface area contributed by atoms with E-state index in [1.807, 2.05) is 88.3 Å². The number of carbonyl (C=O) groups excluding carboxylic acids is 11. The van der Waals surface area contributed by atoms with Gasteiger partial charge in [0.2, 0.25) is 53.2 Å². The number of carbonyl (C=O) groups is 11. The van der Waals surface area contributed by atoms with Gasteiger partial charge in [0.15, 0.2) is 6.10 Å². The molecule has 1 saturated heterocycles. The lowest BCUT2D eigenvalue weighted by molar-refractivity contribution is -0.166. The number of rotatable bonds is 18. The van der Waals surface area contributed by atoms with Gasteiger partial charge in [-0.2, -0.15) is 0 Å². The van der Waals surface area contributed by atoms with Gasteiger partial charge in [-0.25, -0.2) is 4.79 Å². The summed E-state index contributed by atoms with van der Waals surface area (Å²) in [6, 6.07) is -6.97. The zero-order chi connectivity index (χ0) is 72.2. The van der Waals surface area contributed by atoms with E-state index in [1.165, 1.54) is 70.8 Å². The van der Waals surface area contributed by atoms with Gasteiger partial charge < -0.3 is 65.6 Å². The molecule has 532 valence electrons. The maximum atomic E-state index is 15.3. The van der Waals surface area contributed by atoms with E-state index >= 15 is 14.4 Å². The normalized spacial score (nSPS) is 25.7. The molecule has 1 aliphatic rings. The topological polar surface area (TPSA) is 318 Å². The number of aryl methyl sites for hydroxylation is 1. The number of cyclic esters (lactones) is 1. The summed E-state index contributed by atoms with van der Waals surface area (Å²) >= 11 is 0. The van der Waals surface area contributed by atoms with Crippen LogP contribution in [-0.2, 0) is 57.5 Å². The summed E-state index contributed by atoms with van der Waals surface area (Å²) in [6.45, 7) is 30.5. The van der Waals surface area contributed by atoms with Gasteiger partial charge in [-0.3, -0.25) is 52.9 Å². The van der Waals surface area contributed by atoms with Crippen molar-refractivity contribution in [3.63, 3.8) is 0 Å². The summed E-state index contributed by atoms with van der Waals surface area (Å²) in [5.74, 6) is -11.9. The smallest absolute Gasteiger partial charge is 0.329 e. The third-order valence-corrected chi connectivity index (χ3v) is 17.0. The maximum absolute atomic E-state index is 15.3.